The van der Waals surface area contributed by atoms with Crippen molar-refractivity contribution in [3.05, 3.63) is 129 Å². The molecule has 1 aliphatic carbocycles. The lowest BCUT2D eigenvalue weighted by molar-refractivity contribution is -0.140. The van der Waals surface area contributed by atoms with Crippen molar-refractivity contribution in [3.8, 4) is 0 Å². The average Bonchev–Trinajstić information content (AvgIpc) is 3.55. The molecule has 0 radical (unpaired) electrons. The van der Waals surface area contributed by atoms with E-state index in [9.17, 15) is 18.0 Å². The third-order valence-electron chi connectivity index (χ3n) is 8.22. The Balaban J connectivity index is 1.56. The van der Waals surface area contributed by atoms with Crippen LogP contribution in [0.3, 0.4) is 0 Å². The number of benzene rings is 4. The number of nitrogens with one attached hydrogen (secondary N) is 1. The number of nitrogens with zero attached hydrogens (tertiary/aromatic N) is 2. The fraction of sp³-hybridized carbons (Fsp3) is 0.278. The number of halogens is 2. The van der Waals surface area contributed by atoms with Gasteiger partial charge >= 0.3 is 0 Å². The molecule has 0 spiro atoms. The summed E-state index contributed by atoms with van der Waals surface area (Å²) in [5.41, 5.74) is 2.97. The predicted molar refractivity (Wildman–Crippen MR) is 189 cm³/mol. The van der Waals surface area contributed by atoms with Crippen LogP contribution in [-0.2, 0) is 32.6 Å². The highest BCUT2D eigenvalue weighted by Gasteiger charge is 2.35. The van der Waals surface area contributed by atoms with Crippen LogP contribution in [0.2, 0.25) is 0 Å². The molecule has 240 valence electrons. The van der Waals surface area contributed by atoms with Gasteiger partial charge in [-0.15, -0.1) is 0 Å². The molecule has 1 fully saturated rings. The highest BCUT2D eigenvalue weighted by Crippen LogP contribution is 2.27. The van der Waals surface area contributed by atoms with E-state index >= 15 is 0 Å². The second-order valence-corrected chi connectivity index (χ2v) is 15.3. The van der Waals surface area contributed by atoms with Gasteiger partial charge in [0.2, 0.25) is 11.8 Å². The lowest BCUT2D eigenvalue weighted by Crippen LogP contribution is -2.54. The fourth-order valence-electron chi connectivity index (χ4n) is 5.73. The Kier molecular flexibility index (Phi) is 11.4. The number of amides is 2. The Morgan fingerprint density at radius 2 is 1.48 bits per heavy atom. The number of hydrogen-bond donors (Lipinski definition) is 1. The van der Waals surface area contributed by atoms with E-state index in [0.29, 0.717) is 5.69 Å². The molecule has 0 heterocycles. The second kappa shape index (κ2) is 15.4. The maximum atomic E-state index is 14.6. The SMILES string of the molecule is Cc1ccc(S(=O)(=O)N(CC(=O)N(Cc2cccc(Br)c2)C(Cc2ccccc2)C(=O)NC2CCCC2)c2ccc(Br)cc2)cc1. The first-order chi connectivity index (χ1) is 22.1. The van der Waals surface area contributed by atoms with Crippen LogP contribution in [0, 0.1) is 6.92 Å². The molecule has 1 atom stereocenters. The number of hydrogen-bond acceptors (Lipinski definition) is 4. The molecule has 2 amide bonds. The zero-order valence-corrected chi connectivity index (χ0v) is 29.6. The molecule has 0 aromatic heterocycles. The average molecular weight is 768 g/mol. The molecule has 5 rings (SSSR count). The van der Waals surface area contributed by atoms with Crippen molar-refractivity contribution in [1.82, 2.24) is 10.2 Å². The summed E-state index contributed by atoms with van der Waals surface area (Å²) >= 11 is 6.95. The van der Waals surface area contributed by atoms with Crippen molar-refractivity contribution in [3.63, 3.8) is 0 Å². The highest BCUT2D eigenvalue weighted by atomic mass is 79.9. The van der Waals surface area contributed by atoms with Crippen molar-refractivity contribution in [1.29, 1.82) is 0 Å². The summed E-state index contributed by atoms with van der Waals surface area (Å²) in [5, 5.41) is 3.21. The van der Waals surface area contributed by atoms with Gasteiger partial charge in [-0.05, 0) is 79.4 Å². The largest absolute Gasteiger partial charge is 0.352 e. The third kappa shape index (κ3) is 8.66. The van der Waals surface area contributed by atoms with E-state index in [2.05, 4.69) is 37.2 Å². The molecule has 1 unspecified atom stereocenters. The summed E-state index contributed by atoms with van der Waals surface area (Å²) in [5.74, 6) is -0.725. The third-order valence-corrected chi connectivity index (χ3v) is 11.0. The smallest absolute Gasteiger partial charge is 0.264 e. The van der Waals surface area contributed by atoms with Gasteiger partial charge < -0.3 is 10.2 Å². The molecule has 4 aromatic rings. The van der Waals surface area contributed by atoms with Crippen LogP contribution in [0.5, 0.6) is 0 Å². The minimum Gasteiger partial charge on any atom is -0.352 e. The van der Waals surface area contributed by atoms with Gasteiger partial charge in [-0.1, -0.05) is 105 Å². The Bertz CT molecular complexity index is 1740. The normalized spacial score (nSPS) is 14.1. The molecule has 10 heteroatoms. The van der Waals surface area contributed by atoms with Gasteiger partial charge in [0.05, 0.1) is 10.6 Å². The van der Waals surface area contributed by atoms with Crippen molar-refractivity contribution < 1.29 is 18.0 Å². The quantitative estimate of drug-likeness (QED) is 0.163. The van der Waals surface area contributed by atoms with E-state index in [0.717, 1.165) is 55.6 Å². The number of anilines is 1. The molecule has 4 aromatic carbocycles. The second-order valence-electron chi connectivity index (χ2n) is 11.6. The zero-order chi connectivity index (χ0) is 32.7. The van der Waals surface area contributed by atoms with Gasteiger partial charge in [-0.3, -0.25) is 13.9 Å². The maximum absolute atomic E-state index is 14.6. The van der Waals surface area contributed by atoms with Crippen LogP contribution >= 0.6 is 31.9 Å². The topological polar surface area (TPSA) is 86.8 Å². The van der Waals surface area contributed by atoms with E-state index in [1.54, 1.807) is 48.5 Å². The molecule has 46 heavy (non-hydrogen) atoms. The molecule has 1 saturated carbocycles. The van der Waals surface area contributed by atoms with E-state index in [1.165, 1.54) is 4.90 Å². The van der Waals surface area contributed by atoms with Gasteiger partial charge in [0.1, 0.15) is 12.6 Å². The molecular weight excluding hydrogens is 730 g/mol. The van der Waals surface area contributed by atoms with Gasteiger partial charge in [-0.2, -0.15) is 0 Å². The van der Waals surface area contributed by atoms with Crippen LogP contribution in [-0.4, -0.2) is 43.8 Å². The number of rotatable bonds is 12. The van der Waals surface area contributed by atoms with Crippen LogP contribution in [0.25, 0.3) is 0 Å². The molecule has 1 N–H and O–H groups in total. The van der Waals surface area contributed by atoms with Crippen molar-refractivity contribution in [2.24, 2.45) is 0 Å². The van der Waals surface area contributed by atoms with E-state index in [1.807, 2.05) is 61.5 Å². The van der Waals surface area contributed by atoms with E-state index in [-0.39, 0.29) is 29.8 Å². The van der Waals surface area contributed by atoms with Crippen molar-refractivity contribution >= 4 is 59.4 Å². The maximum Gasteiger partial charge on any atom is 0.264 e. The van der Waals surface area contributed by atoms with Gasteiger partial charge in [0.25, 0.3) is 10.0 Å². The fourth-order valence-corrected chi connectivity index (χ4v) is 7.85. The van der Waals surface area contributed by atoms with Crippen LogP contribution < -0.4 is 9.62 Å². The zero-order valence-electron chi connectivity index (χ0n) is 25.6. The minimum atomic E-state index is -4.15. The molecule has 1 aliphatic rings. The Labute approximate surface area is 288 Å². The number of carbonyl (C=O) groups is 2. The summed E-state index contributed by atoms with van der Waals surface area (Å²) < 4.78 is 31.1. The van der Waals surface area contributed by atoms with E-state index in [4.69, 9.17) is 0 Å². The van der Waals surface area contributed by atoms with Crippen LogP contribution in [0.4, 0.5) is 5.69 Å². The number of carbonyl (C=O) groups excluding carboxylic acids is 2. The summed E-state index contributed by atoms with van der Waals surface area (Å²) in [6.07, 6.45) is 4.18. The number of aryl methyl sites for hydroxylation is 1. The van der Waals surface area contributed by atoms with E-state index < -0.39 is 28.5 Å². The Morgan fingerprint density at radius 3 is 2.13 bits per heavy atom. The first-order valence-electron chi connectivity index (χ1n) is 15.3. The molecule has 0 bridgehead atoms. The van der Waals surface area contributed by atoms with Crippen molar-refractivity contribution in [2.45, 2.75) is 62.6 Å². The molecule has 0 aliphatic heterocycles. The standard InChI is InChI=1S/C36H37Br2N3O4S/c1-26-14-20-33(21-15-26)46(44,45)41(32-18-16-29(37)17-19-32)25-35(42)40(24-28-10-7-11-30(38)22-28)34(23-27-8-3-2-4-9-27)36(43)39-31-12-5-6-13-31/h2-4,7-11,14-22,31,34H,5-6,12-13,23-25H2,1H3,(H,39,43). The summed E-state index contributed by atoms with van der Waals surface area (Å²) in [6, 6.07) is 29.7. The molecular formula is C36H37Br2N3O4S. The summed E-state index contributed by atoms with van der Waals surface area (Å²) in [6.45, 7) is 1.51. The molecule has 7 nitrogen and oxygen atoms in total. The lowest BCUT2D eigenvalue weighted by atomic mass is 10.0. The molecule has 0 saturated heterocycles. The number of sulfonamides is 1. The van der Waals surface area contributed by atoms with Crippen LogP contribution in [0.1, 0.15) is 42.4 Å². The highest BCUT2D eigenvalue weighted by molar-refractivity contribution is 9.10. The predicted octanol–water partition coefficient (Wildman–Crippen LogP) is 7.41. The van der Waals surface area contributed by atoms with Gasteiger partial charge in [-0.25, -0.2) is 8.42 Å². The van der Waals surface area contributed by atoms with Crippen molar-refractivity contribution in [2.75, 3.05) is 10.8 Å². The summed E-state index contributed by atoms with van der Waals surface area (Å²) in [7, 11) is -4.15. The Morgan fingerprint density at radius 1 is 0.826 bits per heavy atom. The van der Waals surface area contributed by atoms with Crippen LogP contribution in [0.15, 0.2) is 117 Å². The van der Waals surface area contributed by atoms with Gasteiger partial charge in [0.15, 0.2) is 0 Å². The monoisotopic (exact) mass is 765 g/mol. The summed E-state index contributed by atoms with van der Waals surface area (Å²) in [4.78, 5) is 30.3. The minimum absolute atomic E-state index is 0.0507. The Hall–Kier alpha value is -3.47. The lowest BCUT2D eigenvalue weighted by Gasteiger charge is -2.34. The van der Waals surface area contributed by atoms with Gasteiger partial charge in [0, 0.05) is 28.0 Å². The first kappa shape index (κ1) is 33.9. The first-order valence-corrected chi connectivity index (χ1v) is 18.4.